The Morgan fingerprint density at radius 3 is 2.65 bits per heavy atom. The molecule has 1 heterocycles. The summed E-state index contributed by atoms with van der Waals surface area (Å²) in [7, 11) is 0. The molecule has 0 aliphatic carbocycles. The van der Waals surface area contributed by atoms with Gasteiger partial charge in [-0.05, 0) is 17.9 Å². The highest BCUT2D eigenvalue weighted by molar-refractivity contribution is 9.10. The van der Waals surface area contributed by atoms with Crippen molar-refractivity contribution in [1.82, 2.24) is 4.90 Å². The van der Waals surface area contributed by atoms with Crippen molar-refractivity contribution in [3.05, 3.63) is 35.9 Å². The fourth-order valence-electron chi connectivity index (χ4n) is 2.18. The van der Waals surface area contributed by atoms with E-state index in [0.717, 1.165) is 5.56 Å². The van der Waals surface area contributed by atoms with Gasteiger partial charge in [0.1, 0.15) is 6.61 Å². The SMILES string of the molecule is CC(C)[C@@H](Br)C(=O)N1C(=O)OC[C@H]1Cc1ccccc1. The number of hydrogen-bond donors (Lipinski definition) is 0. The maximum atomic E-state index is 12.4. The van der Waals surface area contributed by atoms with Gasteiger partial charge in [0.15, 0.2) is 0 Å². The van der Waals surface area contributed by atoms with Gasteiger partial charge >= 0.3 is 6.09 Å². The van der Waals surface area contributed by atoms with Crippen molar-refractivity contribution in [2.24, 2.45) is 5.92 Å². The average molecular weight is 340 g/mol. The number of alkyl halides is 1. The Kier molecular flexibility index (Phi) is 4.81. The molecular formula is C15H18BrNO3. The third kappa shape index (κ3) is 3.20. The average Bonchev–Trinajstić information content (AvgIpc) is 2.79. The van der Waals surface area contributed by atoms with Crippen LogP contribution < -0.4 is 0 Å². The first-order valence-corrected chi connectivity index (χ1v) is 7.60. The van der Waals surface area contributed by atoms with E-state index in [1.807, 2.05) is 44.2 Å². The number of ether oxygens (including phenoxy) is 1. The Labute approximate surface area is 127 Å². The molecule has 0 unspecified atom stereocenters. The lowest BCUT2D eigenvalue weighted by Crippen LogP contribution is -2.45. The molecule has 1 aromatic carbocycles. The molecule has 1 fully saturated rings. The van der Waals surface area contributed by atoms with Crippen LogP contribution in [0.3, 0.4) is 0 Å². The first-order chi connectivity index (χ1) is 9.50. The normalized spacial score (nSPS) is 20.1. The molecule has 0 radical (unpaired) electrons. The summed E-state index contributed by atoms with van der Waals surface area (Å²) in [6.07, 6.45) is 0.0805. The molecule has 2 rings (SSSR count). The minimum absolute atomic E-state index is 0.119. The van der Waals surface area contributed by atoms with E-state index in [1.165, 1.54) is 4.90 Å². The summed E-state index contributed by atoms with van der Waals surface area (Å²) in [6, 6.07) is 9.58. The molecule has 4 nitrogen and oxygen atoms in total. The van der Waals surface area contributed by atoms with Crippen LogP contribution in [0.1, 0.15) is 19.4 Å². The van der Waals surface area contributed by atoms with Crippen molar-refractivity contribution in [3.8, 4) is 0 Å². The van der Waals surface area contributed by atoms with Crippen LogP contribution in [0.2, 0.25) is 0 Å². The minimum Gasteiger partial charge on any atom is -0.447 e. The van der Waals surface area contributed by atoms with E-state index >= 15 is 0 Å². The quantitative estimate of drug-likeness (QED) is 0.792. The molecule has 0 saturated carbocycles. The van der Waals surface area contributed by atoms with Crippen LogP contribution in [0.15, 0.2) is 30.3 Å². The number of carbonyl (C=O) groups excluding carboxylic acids is 2. The lowest BCUT2D eigenvalue weighted by atomic mass is 10.0. The second-order valence-electron chi connectivity index (χ2n) is 5.27. The number of imide groups is 1. The number of cyclic esters (lactones) is 1. The molecule has 0 N–H and O–H groups in total. The van der Waals surface area contributed by atoms with E-state index in [-0.39, 0.29) is 29.3 Å². The van der Waals surface area contributed by atoms with Gasteiger partial charge in [0, 0.05) is 0 Å². The topological polar surface area (TPSA) is 46.6 Å². The monoisotopic (exact) mass is 339 g/mol. The van der Waals surface area contributed by atoms with Crippen molar-refractivity contribution in [3.63, 3.8) is 0 Å². The number of nitrogens with zero attached hydrogens (tertiary/aromatic N) is 1. The molecule has 2 amide bonds. The van der Waals surface area contributed by atoms with Crippen LogP contribution >= 0.6 is 15.9 Å². The molecule has 5 heteroatoms. The van der Waals surface area contributed by atoms with Gasteiger partial charge in [0.2, 0.25) is 5.91 Å². The second-order valence-corrected chi connectivity index (χ2v) is 6.26. The van der Waals surface area contributed by atoms with Crippen molar-refractivity contribution in [2.45, 2.75) is 31.1 Å². The zero-order chi connectivity index (χ0) is 14.7. The Balaban J connectivity index is 2.13. The number of hydrogen-bond acceptors (Lipinski definition) is 3. The molecule has 1 aliphatic rings. The van der Waals surface area contributed by atoms with Gasteiger partial charge in [-0.3, -0.25) is 4.79 Å². The van der Waals surface area contributed by atoms with E-state index < -0.39 is 6.09 Å². The Morgan fingerprint density at radius 2 is 2.05 bits per heavy atom. The number of benzene rings is 1. The second kappa shape index (κ2) is 6.39. The number of rotatable bonds is 4. The molecule has 0 bridgehead atoms. The van der Waals surface area contributed by atoms with Crippen LogP contribution in [0, 0.1) is 5.92 Å². The van der Waals surface area contributed by atoms with Gasteiger partial charge in [-0.1, -0.05) is 60.1 Å². The minimum atomic E-state index is -0.541. The van der Waals surface area contributed by atoms with E-state index in [9.17, 15) is 9.59 Å². The fourth-order valence-corrected chi connectivity index (χ4v) is 2.41. The maximum absolute atomic E-state index is 12.4. The molecule has 20 heavy (non-hydrogen) atoms. The zero-order valence-electron chi connectivity index (χ0n) is 11.6. The summed E-state index contributed by atoms with van der Waals surface area (Å²) in [4.78, 5) is 25.1. The van der Waals surface area contributed by atoms with Crippen LogP contribution in [-0.4, -0.2) is 34.4 Å². The maximum Gasteiger partial charge on any atom is 0.417 e. The molecule has 1 aromatic rings. The van der Waals surface area contributed by atoms with Crippen molar-refractivity contribution in [1.29, 1.82) is 0 Å². The first-order valence-electron chi connectivity index (χ1n) is 6.68. The molecule has 2 atom stereocenters. The fraction of sp³-hybridized carbons (Fsp3) is 0.467. The summed E-state index contributed by atoms with van der Waals surface area (Å²) < 4.78 is 5.05. The van der Waals surface area contributed by atoms with Gasteiger partial charge in [0.25, 0.3) is 0 Å². The number of halogens is 1. The van der Waals surface area contributed by atoms with Crippen molar-refractivity contribution < 1.29 is 14.3 Å². The van der Waals surface area contributed by atoms with E-state index in [2.05, 4.69) is 15.9 Å². The van der Waals surface area contributed by atoms with Gasteiger partial charge < -0.3 is 4.74 Å². The molecular weight excluding hydrogens is 322 g/mol. The van der Waals surface area contributed by atoms with Crippen LogP contribution in [0.25, 0.3) is 0 Å². The van der Waals surface area contributed by atoms with Crippen molar-refractivity contribution >= 4 is 27.9 Å². The molecule has 1 saturated heterocycles. The summed E-state index contributed by atoms with van der Waals surface area (Å²) in [5, 5.41) is 0. The largest absolute Gasteiger partial charge is 0.447 e. The zero-order valence-corrected chi connectivity index (χ0v) is 13.2. The summed E-state index contributed by atoms with van der Waals surface area (Å²) >= 11 is 3.36. The summed E-state index contributed by atoms with van der Waals surface area (Å²) in [6.45, 7) is 4.13. The predicted octanol–water partition coefficient (Wildman–Crippen LogP) is 3.00. The Morgan fingerprint density at radius 1 is 1.40 bits per heavy atom. The first kappa shape index (κ1) is 15.0. The Bertz CT molecular complexity index is 489. The number of carbonyl (C=O) groups is 2. The van der Waals surface area contributed by atoms with Gasteiger partial charge in [-0.15, -0.1) is 0 Å². The molecule has 108 valence electrons. The smallest absolute Gasteiger partial charge is 0.417 e. The van der Waals surface area contributed by atoms with Crippen LogP contribution in [-0.2, 0) is 16.0 Å². The Hall–Kier alpha value is -1.36. The third-order valence-electron chi connectivity index (χ3n) is 3.33. The van der Waals surface area contributed by atoms with Crippen molar-refractivity contribution in [2.75, 3.05) is 6.61 Å². The lowest BCUT2D eigenvalue weighted by molar-refractivity contribution is -0.129. The van der Waals surface area contributed by atoms with E-state index in [1.54, 1.807) is 0 Å². The standard InChI is InChI=1S/C15H18BrNO3/c1-10(2)13(16)14(18)17-12(9-20-15(17)19)8-11-6-4-3-5-7-11/h3-7,10,12-13H,8-9H2,1-2H3/t12-,13-/m1/s1. The highest BCUT2D eigenvalue weighted by Gasteiger charge is 2.40. The predicted molar refractivity (Wildman–Crippen MR) is 79.7 cm³/mol. The molecule has 0 aromatic heterocycles. The molecule has 1 aliphatic heterocycles. The number of amides is 2. The van der Waals surface area contributed by atoms with Gasteiger partial charge in [0.05, 0.1) is 10.9 Å². The lowest BCUT2D eigenvalue weighted by Gasteiger charge is -2.23. The highest BCUT2D eigenvalue weighted by Crippen LogP contribution is 2.23. The van der Waals surface area contributed by atoms with Crippen LogP contribution in [0.4, 0.5) is 4.79 Å². The molecule has 0 spiro atoms. The third-order valence-corrected chi connectivity index (χ3v) is 4.78. The van der Waals surface area contributed by atoms with E-state index in [0.29, 0.717) is 6.42 Å². The summed E-state index contributed by atoms with van der Waals surface area (Å²) in [5.74, 6) is -0.100. The van der Waals surface area contributed by atoms with Crippen LogP contribution in [0.5, 0.6) is 0 Å². The summed E-state index contributed by atoms with van der Waals surface area (Å²) in [5.41, 5.74) is 1.09. The van der Waals surface area contributed by atoms with E-state index in [4.69, 9.17) is 4.74 Å². The highest BCUT2D eigenvalue weighted by atomic mass is 79.9. The van der Waals surface area contributed by atoms with Gasteiger partial charge in [-0.2, -0.15) is 0 Å². The van der Waals surface area contributed by atoms with Gasteiger partial charge in [-0.25, -0.2) is 9.69 Å².